The molecule has 41 heavy (non-hydrogen) atoms. The van der Waals surface area contributed by atoms with Gasteiger partial charge in [0.15, 0.2) is 0 Å². The van der Waals surface area contributed by atoms with Gasteiger partial charge in [-0.1, -0.05) is 49.4 Å². The zero-order valence-electron chi connectivity index (χ0n) is 22.2. The zero-order chi connectivity index (χ0) is 29.7. The fourth-order valence-corrected chi connectivity index (χ4v) is 5.09. The van der Waals surface area contributed by atoms with Gasteiger partial charge in [-0.05, 0) is 41.3 Å². The summed E-state index contributed by atoms with van der Waals surface area (Å²) in [5.41, 5.74) is 3.98. The van der Waals surface area contributed by atoms with E-state index < -0.39 is 23.7 Å². The number of rotatable bonds is 6. The molecule has 2 aromatic carbocycles. The van der Waals surface area contributed by atoms with Gasteiger partial charge in [-0.3, -0.25) is 9.69 Å². The minimum Gasteiger partial charge on any atom is -0.477 e. The summed E-state index contributed by atoms with van der Waals surface area (Å²) in [6, 6.07) is 20.5. The molecule has 0 aliphatic carbocycles. The molecule has 9 nitrogen and oxygen atoms in total. The average Bonchev–Trinajstić information content (AvgIpc) is 3.39. The lowest BCUT2D eigenvalue weighted by atomic mass is 10.0. The van der Waals surface area contributed by atoms with Gasteiger partial charge in [0.1, 0.15) is 5.56 Å². The highest BCUT2D eigenvalue weighted by Gasteiger charge is 2.40. The van der Waals surface area contributed by atoms with Crippen molar-refractivity contribution in [3.8, 4) is 11.3 Å². The van der Waals surface area contributed by atoms with Crippen molar-refractivity contribution in [2.75, 3.05) is 31.1 Å². The summed E-state index contributed by atoms with van der Waals surface area (Å²) in [5.74, 6) is -3.97. The molecule has 3 heterocycles. The SMILES string of the molecule is CCc1cc(C(=O)O)c(=O)[nH]c1-c1ccc(N2CC3OCCN(Cc4ccccc4)C3C2)cc1.O=C(O)C(F)(F)F. The summed E-state index contributed by atoms with van der Waals surface area (Å²) in [6.45, 7) is 6.31. The fraction of sp³-hybridized carbons (Fsp3) is 0.345. The number of carbonyl (C=O) groups is 2. The van der Waals surface area contributed by atoms with Gasteiger partial charge < -0.3 is 24.8 Å². The number of nitrogens with zero attached hydrogens (tertiary/aromatic N) is 2. The quantitative estimate of drug-likeness (QED) is 0.404. The number of pyridine rings is 1. The van der Waals surface area contributed by atoms with E-state index in [0.717, 1.165) is 49.6 Å². The van der Waals surface area contributed by atoms with Crippen LogP contribution in [0, 0.1) is 0 Å². The molecule has 3 N–H and O–H groups in total. The first-order valence-corrected chi connectivity index (χ1v) is 13.0. The van der Waals surface area contributed by atoms with Crippen LogP contribution in [0.5, 0.6) is 0 Å². The molecule has 1 aromatic heterocycles. The van der Waals surface area contributed by atoms with Crippen molar-refractivity contribution in [1.82, 2.24) is 9.88 Å². The van der Waals surface area contributed by atoms with Crippen LogP contribution < -0.4 is 10.5 Å². The average molecular weight is 574 g/mol. The number of hydrogen-bond acceptors (Lipinski definition) is 6. The second-order valence-corrected chi connectivity index (χ2v) is 9.76. The van der Waals surface area contributed by atoms with E-state index >= 15 is 0 Å². The maximum atomic E-state index is 12.2. The van der Waals surface area contributed by atoms with Crippen LogP contribution in [0.3, 0.4) is 0 Å². The normalized spacial score (nSPS) is 18.8. The van der Waals surface area contributed by atoms with E-state index in [1.54, 1.807) is 0 Å². The largest absolute Gasteiger partial charge is 0.490 e. The molecule has 12 heteroatoms. The first-order valence-electron chi connectivity index (χ1n) is 13.0. The molecule has 3 aromatic rings. The molecule has 2 aliphatic rings. The van der Waals surface area contributed by atoms with E-state index in [2.05, 4.69) is 51.2 Å². The third-order valence-corrected chi connectivity index (χ3v) is 7.14. The topological polar surface area (TPSA) is 123 Å². The number of aromatic nitrogens is 1. The number of aryl methyl sites for hydroxylation is 1. The van der Waals surface area contributed by atoms with Crippen LogP contribution in [-0.4, -0.2) is 76.6 Å². The Bertz CT molecular complexity index is 1430. The second kappa shape index (κ2) is 12.6. The number of alkyl halides is 3. The molecule has 218 valence electrons. The number of ether oxygens (including phenoxy) is 1. The summed E-state index contributed by atoms with van der Waals surface area (Å²) in [7, 11) is 0. The minimum absolute atomic E-state index is 0.184. The Morgan fingerprint density at radius 1 is 1.05 bits per heavy atom. The summed E-state index contributed by atoms with van der Waals surface area (Å²) in [6.07, 6.45) is -4.28. The van der Waals surface area contributed by atoms with Crippen molar-refractivity contribution in [2.24, 2.45) is 0 Å². The number of halogens is 3. The molecule has 2 aliphatic heterocycles. The summed E-state index contributed by atoms with van der Waals surface area (Å²) < 4.78 is 37.9. The standard InChI is InChI=1S/C27H29N3O4.C2HF3O2/c1-2-19-14-22(27(32)33)26(31)28-25(19)20-8-10-21(11-9-20)30-16-23-24(17-30)34-13-12-29(23)15-18-6-4-3-5-7-18;3-2(4,5)1(6)7/h3-11,14,23-24H,2,12-13,15-17H2,1H3,(H,28,31)(H,32,33);(H,6,7). The van der Waals surface area contributed by atoms with Gasteiger partial charge >= 0.3 is 18.1 Å². The number of fused-ring (bicyclic) bond motifs is 1. The van der Waals surface area contributed by atoms with Gasteiger partial charge in [-0.2, -0.15) is 13.2 Å². The predicted molar refractivity (Wildman–Crippen MR) is 145 cm³/mol. The molecule has 2 fully saturated rings. The van der Waals surface area contributed by atoms with Crippen LogP contribution in [0.1, 0.15) is 28.4 Å². The Kier molecular flexibility index (Phi) is 9.14. The summed E-state index contributed by atoms with van der Waals surface area (Å²) >= 11 is 0. The van der Waals surface area contributed by atoms with E-state index in [4.69, 9.17) is 14.6 Å². The molecule has 2 unspecified atom stereocenters. The summed E-state index contributed by atoms with van der Waals surface area (Å²) in [5, 5.41) is 16.4. The van der Waals surface area contributed by atoms with Crippen molar-refractivity contribution >= 4 is 17.6 Å². The van der Waals surface area contributed by atoms with Crippen LogP contribution in [0.15, 0.2) is 65.5 Å². The number of morpholine rings is 1. The number of carboxylic acid groups (broad SMARTS) is 2. The minimum atomic E-state index is -5.08. The van der Waals surface area contributed by atoms with Crippen molar-refractivity contribution in [1.29, 1.82) is 0 Å². The lowest BCUT2D eigenvalue weighted by molar-refractivity contribution is -0.192. The van der Waals surface area contributed by atoms with Crippen molar-refractivity contribution in [2.45, 2.75) is 38.2 Å². The van der Waals surface area contributed by atoms with Gasteiger partial charge in [0.05, 0.1) is 24.4 Å². The number of benzene rings is 2. The second-order valence-electron chi connectivity index (χ2n) is 9.76. The third kappa shape index (κ3) is 7.14. The van der Waals surface area contributed by atoms with Crippen molar-refractivity contribution < 1.29 is 37.7 Å². The molecule has 5 rings (SSSR count). The first kappa shape index (κ1) is 29.8. The van der Waals surface area contributed by atoms with E-state index in [1.807, 2.05) is 25.1 Å². The first-order chi connectivity index (χ1) is 19.5. The van der Waals surface area contributed by atoms with Crippen LogP contribution in [0.4, 0.5) is 18.9 Å². The number of aromatic amines is 1. The maximum absolute atomic E-state index is 12.2. The molecule has 0 amide bonds. The van der Waals surface area contributed by atoms with E-state index in [0.29, 0.717) is 18.2 Å². The van der Waals surface area contributed by atoms with Crippen molar-refractivity contribution in [3.63, 3.8) is 0 Å². The van der Waals surface area contributed by atoms with Gasteiger partial charge in [-0.25, -0.2) is 9.59 Å². The number of H-pyrrole nitrogens is 1. The van der Waals surface area contributed by atoms with Gasteiger partial charge in [0, 0.05) is 31.9 Å². The van der Waals surface area contributed by atoms with Crippen molar-refractivity contribution in [3.05, 3.63) is 87.7 Å². The Balaban J connectivity index is 0.000000493. The molecular formula is C29H30F3N3O6. The molecule has 0 saturated carbocycles. The number of nitrogens with one attached hydrogen (secondary N) is 1. The lowest BCUT2D eigenvalue weighted by Crippen LogP contribution is -2.50. The van der Waals surface area contributed by atoms with E-state index in [-0.39, 0.29) is 11.7 Å². The highest BCUT2D eigenvalue weighted by Crippen LogP contribution is 2.30. The third-order valence-electron chi connectivity index (χ3n) is 7.14. The van der Waals surface area contributed by atoms with Crippen LogP contribution in [0.25, 0.3) is 11.3 Å². The maximum Gasteiger partial charge on any atom is 0.490 e. The van der Waals surface area contributed by atoms with Crippen LogP contribution in [-0.2, 0) is 22.5 Å². The molecule has 0 radical (unpaired) electrons. The fourth-order valence-electron chi connectivity index (χ4n) is 5.09. The highest BCUT2D eigenvalue weighted by molar-refractivity contribution is 5.88. The van der Waals surface area contributed by atoms with Crippen LogP contribution >= 0.6 is 0 Å². The van der Waals surface area contributed by atoms with Crippen LogP contribution in [0.2, 0.25) is 0 Å². The molecule has 0 bridgehead atoms. The van der Waals surface area contributed by atoms with E-state index in [9.17, 15) is 27.9 Å². The number of carboxylic acids is 2. The zero-order valence-corrected chi connectivity index (χ0v) is 22.2. The number of aromatic carboxylic acids is 1. The van der Waals surface area contributed by atoms with Gasteiger partial charge in [0.25, 0.3) is 5.56 Å². The number of hydrogen-bond donors (Lipinski definition) is 3. The Morgan fingerprint density at radius 2 is 1.71 bits per heavy atom. The molecule has 0 spiro atoms. The number of aliphatic carboxylic acids is 1. The summed E-state index contributed by atoms with van der Waals surface area (Å²) in [4.78, 5) is 40.1. The Labute approximate surface area is 233 Å². The highest BCUT2D eigenvalue weighted by atomic mass is 19.4. The van der Waals surface area contributed by atoms with E-state index in [1.165, 1.54) is 11.6 Å². The molecule has 2 saturated heterocycles. The predicted octanol–water partition coefficient (Wildman–Crippen LogP) is 4.03. The Morgan fingerprint density at radius 3 is 2.29 bits per heavy atom. The lowest BCUT2D eigenvalue weighted by Gasteiger charge is -2.36. The monoisotopic (exact) mass is 573 g/mol. The van der Waals surface area contributed by atoms with Gasteiger partial charge in [0.2, 0.25) is 0 Å². The number of anilines is 1. The Hall–Kier alpha value is -4.16. The van der Waals surface area contributed by atoms with Gasteiger partial charge in [-0.15, -0.1) is 0 Å². The molecular weight excluding hydrogens is 543 g/mol. The smallest absolute Gasteiger partial charge is 0.477 e. The molecule has 2 atom stereocenters.